The number of hydrogen-bond donors (Lipinski definition) is 1. The second-order valence-corrected chi connectivity index (χ2v) is 5.68. The second kappa shape index (κ2) is 5.41. The van der Waals surface area contributed by atoms with Crippen molar-refractivity contribution in [2.75, 3.05) is 13.1 Å². The van der Waals surface area contributed by atoms with Crippen molar-refractivity contribution in [2.45, 2.75) is 51.1 Å². The van der Waals surface area contributed by atoms with Gasteiger partial charge in [0, 0.05) is 24.3 Å². The number of aryl methyl sites for hydroxylation is 1. The number of nitrogens with two attached hydrogens (primary N) is 1. The standard InChI is InChI=1S/C14H26N4/c1-4-14(2,18-8-6-5-7-9-18)13(15)12-10-16-17(3)11-12/h10-11,13H,4-9,15H2,1-3H3. The van der Waals surface area contributed by atoms with Crippen LogP contribution >= 0.6 is 0 Å². The maximum absolute atomic E-state index is 6.53. The van der Waals surface area contributed by atoms with Crippen LogP contribution in [-0.2, 0) is 7.05 Å². The summed E-state index contributed by atoms with van der Waals surface area (Å²) in [6, 6.07) is 0.0364. The van der Waals surface area contributed by atoms with Crippen LogP contribution in [0.2, 0.25) is 0 Å². The maximum Gasteiger partial charge on any atom is 0.0538 e. The van der Waals surface area contributed by atoms with Crippen molar-refractivity contribution in [1.82, 2.24) is 14.7 Å². The van der Waals surface area contributed by atoms with Gasteiger partial charge in [-0.3, -0.25) is 9.58 Å². The van der Waals surface area contributed by atoms with Crippen LogP contribution in [0.1, 0.15) is 51.1 Å². The average molecular weight is 250 g/mol. The molecule has 2 rings (SSSR count). The van der Waals surface area contributed by atoms with Crippen LogP contribution in [0.4, 0.5) is 0 Å². The van der Waals surface area contributed by atoms with Crippen LogP contribution in [0, 0.1) is 0 Å². The molecule has 0 bridgehead atoms. The zero-order valence-corrected chi connectivity index (χ0v) is 11.9. The van der Waals surface area contributed by atoms with Gasteiger partial charge in [-0.2, -0.15) is 5.10 Å². The van der Waals surface area contributed by atoms with Crippen molar-refractivity contribution < 1.29 is 0 Å². The summed E-state index contributed by atoms with van der Waals surface area (Å²) in [7, 11) is 1.94. The Kier molecular flexibility index (Phi) is 4.07. The molecule has 1 aromatic heterocycles. The predicted octanol–water partition coefficient (Wildman–Crippen LogP) is 2.07. The number of likely N-dealkylation sites (tertiary alicyclic amines) is 1. The number of aromatic nitrogens is 2. The number of hydrogen-bond acceptors (Lipinski definition) is 3. The van der Waals surface area contributed by atoms with E-state index >= 15 is 0 Å². The molecule has 2 unspecified atom stereocenters. The first-order valence-electron chi connectivity index (χ1n) is 7.07. The highest BCUT2D eigenvalue weighted by Gasteiger charge is 2.37. The lowest BCUT2D eigenvalue weighted by molar-refractivity contribution is 0.0542. The van der Waals surface area contributed by atoms with Gasteiger partial charge in [0.05, 0.1) is 12.2 Å². The average Bonchev–Trinajstić information content (AvgIpc) is 2.84. The molecule has 1 aliphatic heterocycles. The van der Waals surface area contributed by atoms with E-state index in [-0.39, 0.29) is 11.6 Å². The van der Waals surface area contributed by atoms with Gasteiger partial charge >= 0.3 is 0 Å². The Morgan fingerprint density at radius 2 is 2.06 bits per heavy atom. The van der Waals surface area contributed by atoms with Crippen LogP contribution in [0.15, 0.2) is 12.4 Å². The van der Waals surface area contributed by atoms with Gasteiger partial charge in [-0.05, 0) is 39.3 Å². The molecule has 18 heavy (non-hydrogen) atoms. The SMILES string of the molecule is CCC(C)(C(N)c1cnn(C)c1)N1CCCCC1. The highest BCUT2D eigenvalue weighted by atomic mass is 15.3. The van der Waals surface area contributed by atoms with Crippen molar-refractivity contribution in [1.29, 1.82) is 0 Å². The molecule has 0 aromatic carbocycles. The van der Waals surface area contributed by atoms with Crippen LogP contribution in [0.3, 0.4) is 0 Å². The third-order valence-corrected chi connectivity index (χ3v) is 4.55. The molecular formula is C14H26N4. The fourth-order valence-corrected chi connectivity index (χ4v) is 3.00. The van der Waals surface area contributed by atoms with Gasteiger partial charge in [0.15, 0.2) is 0 Å². The monoisotopic (exact) mass is 250 g/mol. The van der Waals surface area contributed by atoms with E-state index in [0.717, 1.165) is 12.0 Å². The zero-order valence-electron chi connectivity index (χ0n) is 11.9. The highest BCUT2D eigenvalue weighted by molar-refractivity contribution is 5.16. The summed E-state index contributed by atoms with van der Waals surface area (Å²) in [6.45, 7) is 6.90. The predicted molar refractivity (Wildman–Crippen MR) is 74.3 cm³/mol. The number of nitrogens with zero attached hydrogens (tertiary/aromatic N) is 3. The Morgan fingerprint density at radius 1 is 1.39 bits per heavy atom. The summed E-state index contributed by atoms with van der Waals surface area (Å²) in [5.41, 5.74) is 7.72. The van der Waals surface area contributed by atoms with Crippen molar-refractivity contribution in [2.24, 2.45) is 12.8 Å². The first kappa shape index (κ1) is 13.6. The molecule has 1 saturated heterocycles. The Morgan fingerprint density at radius 3 is 2.56 bits per heavy atom. The Bertz CT molecular complexity index is 381. The van der Waals surface area contributed by atoms with E-state index in [1.54, 1.807) is 0 Å². The van der Waals surface area contributed by atoms with E-state index in [1.807, 2.05) is 24.1 Å². The lowest BCUT2D eigenvalue weighted by atomic mass is 9.83. The van der Waals surface area contributed by atoms with Gasteiger partial charge in [-0.1, -0.05) is 13.3 Å². The fourth-order valence-electron chi connectivity index (χ4n) is 3.00. The molecule has 0 spiro atoms. The van der Waals surface area contributed by atoms with E-state index in [0.29, 0.717) is 0 Å². The van der Waals surface area contributed by atoms with E-state index in [4.69, 9.17) is 5.73 Å². The lowest BCUT2D eigenvalue weighted by Gasteiger charge is -2.46. The van der Waals surface area contributed by atoms with Gasteiger partial charge in [-0.15, -0.1) is 0 Å². The minimum Gasteiger partial charge on any atom is -0.322 e. The lowest BCUT2D eigenvalue weighted by Crippen LogP contribution is -2.54. The quantitative estimate of drug-likeness (QED) is 0.890. The van der Waals surface area contributed by atoms with Crippen LogP contribution in [0.5, 0.6) is 0 Å². The Labute approximate surface area is 110 Å². The maximum atomic E-state index is 6.53. The van der Waals surface area contributed by atoms with Gasteiger partial charge in [-0.25, -0.2) is 0 Å². The third kappa shape index (κ3) is 2.45. The molecule has 0 radical (unpaired) electrons. The van der Waals surface area contributed by atoms with Crippen molar-refractivity contribution in [3.05, 3.63) is 18.0 Å². The van der Waals surface area contributed by atoms with E-state index < -0.39 is 0 Å². The minimum atomic E-state index is 0.0364. The summed E-state index contributed by atoms with van der Waals surface area (Å²) >= 11 is 0. The highest BCUT2D eigenvalue weighted by Crippen LogP contribution is 2.34. The Hall–Kier alpha value is -0.870. The first-order valence-corrected chi connectivity index (χ1v) is 7.07. The normalized spacial score (nSPS) is 22.7. The second-order valence-electron chi connectivity index (χ2n) is 5.68. The third-order valence-electron chi connectivity index (χ3n) is 4.55. The fraction of sp³-hybridized carbons (Fsp3) is 0.786. The smallest absolute Gasteiger partial charge is 0.0538 e. The molecule has 2 heterocycles. The molecule has 0 saturated carbocycles. The molecule has 2 N–H and O–H groups in total. The largest absolute Gasteiger partial charge is 0.322 e. The molecule has 2 atom stereocenters. The van der Waals surface area contributed by atoms with Crippen molar-refractivity contribution in [3.63, 3.8) is 0 Å². The molecular weight excluding hydrogens is 224 g/mol. The first-order chi connectivity index (χ1) is 8.58. The molecule has 4 nitrogen and oxygen atoms in total. The van der Waals surface area contributed by atoms with Gasteiger partial charge in [0.25, 0.3) is 0 Å². The molecule has 0 amide bonds. The number of piperidine rings is 1. The molecule has 1 fully saturated rings. The molecule has 4 heteroatoms. The van der Waals surface area contributed by atoms with Crippen LogP contribution in [0.25, 0.3) is 0 Å². The number of rotatable bonds is 4. The minimum absolute atomic E-state index is 0.0364. The Balaban J connectivity index is 2.19. The molecule has 102 valence electrons. The van der Waals surface area contributed by atoms with E-state index in [9.17, 15) is 0 Å². The van der Waals surface area contributed by atoms with Gasteiger partial charge < -0.3 is 5.73 Å². The summed E-state index contributed by atoms with van der Waals surface area (Å²) in [5.74, 6) is 0. The molecule has 1 aliphatic rings. The summed E-state index contributed by atoms with van der Waals surface area (Å²) in [5, 5.41) is 4.25. The topological polar surface area (TPSA) is 47.1 Å². The van der Waals surface area contributed by atoms with Gasteiger partial charge in [0.2, 0.25) is 0 Å². The van der Waals surface area contributed by atoms with E-state index in [1.165, 1.54) is 32.4 Å². The molecule has 1 aromatic rings. The zero-order chi connectivity index (χ0) is 13.2. The van der Waals surface area contributed by atoms with Gasteiger partial charge in [0.1, 0.15) is 0 Å². The van der Waals surface area contributed by atoms with Crippen LogP contribution < -0.4 is 5.73 Å². The van der Waals surface area contributed by atoms with E-state index in [2.05, 4.69) is 23.8 Å². The summed E-state index contributed by atoms with van der Waals surface area (Å²) in [6.07, 6.45) is 8.98. The summed E-state index contributed by atoms with van der Waals surface area (Å²) in [4.78, 5) is 2.58. The molecule has 0 aliphatic carbocycles. The summed E-state index contributed by atoms with van der Waals surface area (Å²) < 4.78 is 1.83. The van der Waals surface area contributed by atoms with Crippen molar-refractivity contribution in [3.8, 4) is 0 Å². The van der Waals surface area contributed by atoms with Crippen LogP contribution in [-0.4, -0.2) is 33.3 Å². The van der Waals surface area contributed by atoms with Crippen molar-refractivity contribution >= 4 is 0 Å².